The van der Waals surface area contributed by atoms with Crippen LogP contribution in [0, 0.1) is 5.41 Å². The number of guanidine groups is 1. The lowest BCUT2D eigenvalue weighted by atomic mass is 9.92. The van der Waals surface area contributed by atoms with Crippen molar-refractivity contribution >= 4 is 53.1 Å². The molecule has 1 aromatic rings. The molecule has 3 N–H and O–H groups in total. The highest BCUT2D eigenvalue weighted by Gasteiger charge is 2.28. The molecule has 0 radical (unpaired) electrons. The van der Waals surface area contributed by atoms with Gasteiger partial charge in [-0.05, 0) is 38.5 Å². The van der Waals surface area contributed by atoms with Gasteiger partial charge in [-0.3, -0.25) is 9.79 Å². The largest absolute Gasteiger partial charge is 0.369 e. The number of amides is 1. The van der Waals surface area contributed by atoms with E-state index in [0.29, 0.717) is 12.6 Å². The zero-order valence-corrected chi connectivity index (χ0v) is 18.9. The van der Waals surface area contributed by atoms with E-state index in [0.717, 1.165) is 36.2 Å². The first-order chi connectivity index (χ1) is 11.9. The van der Waals surface area contributed by atoms with Gasteiger partial charge in [-0.1, -0.05) is 17.7 Å². The summed E-state index contributed by atoms with van der Waals surface area (Å²) in [5, 5.41) is 10.1. The molecular formula is C18H29ClIN5O. The number of carbonyl (C=O) groups is 1. The number of halogens is 2. The Bertz CT molecular complexity index is 638. The van der Waals surface area contributed by atoms with Crippen LogP contribution in [0.15, 0.2) is 29.3 Å². The van der Waals surface area contributed by atoms with Crippen LogP contribution in [-0.4, -0.2) is 51.6 Å². The highest BCUT2D eigenvalue weighted by Crippen LogP contribution is 2.23. The molecule has 8 heteroatoms. The molecule has 26 heavy (non-hydrogen) atoms. The number of anilines is 1. The second-order valence-electron chi connectivity index (χ2n) is 6.94. The molecule has 1 heterocycles. The summed E-state index contributed by atoms with van der Waals surface area (Å²) in [6.45, 7) is 6.18. The highest BCUT2D eigenvalue weighted by molar-refractivity contribution is 14.0. The van der Waals surface area contributed by atoms with Crippen molar-refractivity contribution in [3.05, 3.63) is 29.3 Å². The van der Waals surface area contributed by atoms with Crippen LogP contribution in [0.25, 0.3) is 0 Å². The Hall–Kier alpha value is -1.22. The van der Waals surface area contributed by atoms with Gasteiger partial charge in [0.2, 0.25) is 5.91 Å². The second-order valence-corrected chi connectivity index (χ2v) is 7.38. The monoisotopic (exact) mass is 493 g/mol. The highest BCUT2D eigenvalue weighted by atomic mass is 127. The Morgan fingerprint density at radius 3 is 2.77 bits per heavy atom. The summed E-state index contributed by atoms with van der Waals surface area (Å²) in [6.07, 6.45) is 1.02. The number of rotatable bonds is 5. The minimum Gasteiger partial charge on any atom is -0.369 e. The Kier molecular flexibility index (Phi) is 8.95. The fraction of sp³-hybridized carbons (Fsp3) is 0.556. The van der Waals surface area contributed by atoms with Crippen LogP contribution in [0.2, 0.25) is 5.02 Å². The summed E-state index contributed by atoms with van der Waals surface area (Å²) in [6, 6.07) is 8.22. The van der Waals surface area contributed by atoms with Crippen LogP contribution in [-0.2, 0) is 4.79 Å². The van der Waals surface area contributed by atoms with Gasteiger partial charge in [-0.25, -0.2) is 0 Å². The van der Waals surface area contributed by atoms with Crippen molar-refractivity contribution in [1.82, 2.24) is 16.0 Å². The van der Waals surface area contributed by atoms with E-state index >= 15 is 0 Å². The van der Waals surface area contributed by atoms with Crippen molar-refractivity contribution < 1.29 is 4.79 Å². The first-order valence-corrected chi connectivity index (χ1v) is 8.93. The Balaban J connectivity index is 0.00000338. The predicted molar refractivity (Wildman–Crippen MR) is 120 cm³/mol. The smallest absolute Gasteiger partial charge is 0.227 e. The van der Waals surface area contributed by atoms with E-state index < -0.39 is 5.41 Å². The topological polar surface area (TPSA) is 68.8 Å². The number of nitrogens with one attached hydrogen (secondary N) is 3. The lowest BCUT2D eigenvalue weighted by Crippen LogP contribution is -2.50. The molecular weight excluding hydrogens is 465 g/mol. The predicted octanol–water partition coefficient (Wildman–Crippen LogP) is 2.47. The van der Waals surface area contributed by atoms with E-state index in [1.54, 1.807) is 14.1 Å². The molecule has 0 saturated carbocycles. The molecule has 2 rings (SSSR count). The van der Waals surface area contributed by atoms with Gasteiger partial charge in [0.1, 0.15) is 0 Å². The Labute approximate surface area is 178 Å². The minimum absolute atomic E-state index is 0. The maximum atomic E-state index is 11.9. The molecule has 1 atom stereocenters. The quantitative estimate of drug-likeness (QED) is 0.335. The van der Waals surface area contributed by atoms with Crippen LogP contribution in [0.3, 0.4) is 0 Å². The standard InChI is InChI=1S/C18H28ClN5O.HI/c1-18(2,16(25)20-3)12-22-17(21-4)23-14-8-9-24(11-14)15-7-5-6-13(19)10-15;/h5-7,10,14H,8-9,11-12H2,1-4H3,(H,20,25)(H2,21,22,23);1H. The van der Waals surface area contributed by atoms with Crippen LogP contribution in [0.1, 0.15) is 20.3 Å². The molecule has 146 valence electrons. The van der Waals surface area contributed by atoms with Crippen molar-refractivity contribution in [2.45, 2.75) is 26.3 Å². The zero-order valence-electron chi connectivity index (χ0n) is 15.8. The molecule has 0 spiro atoms. The van der Waals surface area contributed by atoms with E-state index in [-0.39, 0.29) is 29.9 Å². The van der Waals surface area contributed by atoms with Gasteiger partial charge in [-0.2, -0.15) is 0 Å². The average molecular weight is 494 g/mol. The lowest BCUT2D eigenvalue weighted by Gasteiger charge is -2.25. The van der Waals surface area contributed by atoms with Gasteiger partial charge in [0, 0.05) is 50.5 Å². The van der Waals surface area contributed by atoms with E-state index in [1.165, 1.54) is 0 Å². The molecule has 1 fully saturated rings. The molecule has 1 aliphatic heterocycles. The number of hydrogen-bond donors (Lipinski definition) is 3. The van der Waals surface area contributed by atoms with Crippen molar-refractivity contribution in [3.8, 4) is 0 Å². The Morgan fingerprint density at radius 1 is 1.42 bits per heavy atom. The van der Waals surface area contributed by atoms with Gasteiger partial charge < -0.3 is 20.9 Å². The number of aliphatic imine (C=N–C) groups is 1. The molecule has 0 aromatic heterocycles. The van der Waals surface area contributed by atoms with Gasteiger partial charge in [0.15, 0.2) is 5.96 Å². The maximum Gasteiger partial charge on any atom is 0.227 e. The summed E-state index contributed by atoms with van der Waals surface area (Å²) >= 11 is 6.08. The summed E-state index contributed by atoms with van der Waals surface area (Å²) in [5.74, 6) is 0.721. The first-order valence-electron chi connectivity index (χ1n) is 8.55. The van der Waals surface area contributed by atoms with E-state index in [2.05, 4.69) is 31.9 Å². The van der Waals surface area contributed by atoms with Crippen LogP contribution in [0.5, 0.6) is 0 Å². The van der Waals surface area contributed by atoms with E-state index in [4.69, 9.17) is 11.6 Å². The molecule has 1 aromatic carbocycles. The average Bonchev–Trinajstić information content (AvgIpc) is 3.06. The van der Waals surface area contributed by atoms with Gasteiger partial charge in [0.05, 0.1) is 5.41 Å². The van der Waals surface area contributed by atoms with Crippen LogP contribution in [0.4, 0.5) is 5.69 Å². The molecule has 0 aliphatic carbocycles. The third-order valence-corrected chi connectivity index (χ3v) is 4.70. The van der Waals surface area contributed by atoms with Crippen molar-refractivity contribution in [3.63, 3.8) is 0 Å². The molecule has 6 nitrogen and oxygen atoms in total. The zero-order chi connectivity index (χ0) is 18.4. The Morgan fingerprint density at radius 2 is 2.15 bits per heavy atom. The van der Waals surface area contributed by atoms with Gasteiger partial charge in [-0.15, -0.1) is 24.0 Å². The fourth-order valence-corrected chi connectivity index (χ4v) is 3.08. The summed E-state index contributed by atoms with van der Waals surface area (Å²) < 4.78 is 0. The number of carbonyl (C=O) groups excluding carboxylic acids is 1. The van der Waals surface area contributed by atoms with Gasteiger partial charge in [0.25, 0.3) is 0 Å². The van der Waals surface area contributed by atoms with E-state index in [9.17, 15) is 4.79 Å². The molecule has 1 aliphatic rings. The molecule has 1 unspecified atom stereocenters. The molecule has 0 bridgehead atoms. The number of benzene rings is 1. The summed E-state index contributed by atoms with van der Waals surface area (Å²) in [7, 11) is 3.39. The normalized spacial score (nSPS) is 17.5. The van der Waals surface area contributed by atoms with Crippen LogP contribution < -0.4 is 20.9 Å². The SMILES string of the molecule is CN=C(NCC(C)(C)C(=O)NC)NC1CCN(c2cccc(Cl)c2)C1.I. The number of hydrogen-bond acceptors (Lipinski definition) is 3. The first kappa shape index (κ1) is 22.8. The van der Waals surface area contributed by atoms with Gasteiger partial charge >= 0.3 is 0 Å². The third kappa shape index (κ3) is 6.19. The minimum atomic E-state index is -0.505. The second kappa shape index (κ2) is 10.2. The van der Waals surface area contributed by atoms with Crippen molar-refractivity contribution in [2.24, 2.45) is 10.4 Å². The summed E-state index contributed by atoms with van der Waals surface area (Å²) in [5.41, 5.74) is 0.634. The maximum absolute atomic E-state index is 11.9. The van der Waals surface area contributed by atoms with E-state index in [1.807, 2.05) is 32.0 Å². The summed E-state index contributed by atoms with van der Waals surface area (Å²) in [4.78, 5) is 18.5. The van der Waals surface area contributed by atoms with Crippen molar-refractivity contribution in [1.29, 1.82) is 0 Å². The molecule has 1 saturated heterocycles. The number of nitrogens with zero attached hydrogens (tertiary/aromatic N) is 2. The molecule has 1 amide bonds. The fourth-order valence-electron chi connectivity index (χ4n) is 2.90. The third-order valence-electron chi connectivity index (χ3n) is 4.47. The van der Waals surface area contributed by atoms with Crippen molar-refractivity contribution in [2.75, 3.05) is 38.6 Å². The van der Waals surface area contributed by atoms with Crippen LogP contribution >= 0.6 is 35.6 Å². The lowest BCUT2D eigenvalue weighted by molar-refractivity contribution is -0.128.